The average Bonchev–Trinajstić information content (AvgIpc) is 2.50. The molecule has 0 saturated heterocycles. The fourth-order valence-electron chi connectivity index (χ4n) is 2.80. The fraction of sp³-hybridized carbons (Fsp3) is 0.500. The lowest BCUT2D eigenvalue weighted by Gasteiger charge is -2.35. The molecule has 0 heterocycles. The molecule has 2 rings (SSSR count). The second-order valence-electron chi connectivity index (χ2n) is 5.62. The number of amides is 1. The van der Waals surface area contributed by atoms with Crippen LogP contribution in [0.15, 0.2) is 18.2 Å². The molecule has 1 aromatic rings. The van der Waals surface area contributed by atoms with Crippen LogP contribution < -0.4 is 5.32 Å². The van der Waals surface area contributed by atoms with Gasteiger partial charge in [0.1, 0.15) is 11.4 Å². The van der Waals surface area contributed by atoms with E-state index in [1.54, 1.807) is 0 Å². The number of nitrogens with one attached hydrogen (secondary N) is 1. The summed E-state index contributed by atoms with van der Waals surface area (Å²) >= 11 is 5.80. The molecule has 0 bridgehead atoms. The summed E-state index contributed by atoms with van der Waals surface area (Å²) < 4.78 is 13.7. The number of carbonyl (C=O) groups excluding carboxylic acids is 1. The predicted molar refractivity (Wildman–Crippen MR) is 79.5 cm³/mol. The summed E-state index contributed by atoms with van der Waals surface area (Å²) in [6.07, 6.45) is 4.11. The summed E-state index contributed by atoms with van der Waals surface area (Å²) in [5.41, 5.74) is -1.01. The van der Waals surface area contributed by atoms with Gasteiger partial charge in [0.2, 0.25) is 0 Å². The Balaban J connectivity index is 2.14. The van der Waals surface area contributed by atoms with Crippen LogP contribution in [-0.4, -0.2) is 11.4 Å². The van der Waals surface area contributed by atoms with Crippen molar-refractivity contribution < 1.29 is 9.18 Å². The summed E-state index contributed by atoms with van der Waals surface area (Å²) in [6.45, 7) is 2.13. The molecule has 1 amide bonds. The van der Waals surface area contributed by atoms with Gasteiger partial charge in [-0.25, -0.2) is 4.39 Å². The number of carbonyl (C=O) groups is 1. The van der Waals surface area contributed by atoms with Crippen LogP contribution in [0.2, 0.25) is 5.02 Å². The van der Waals surface area contributed by atoms with Crippen molar-refractivity contribution in [2.45, 2.75) is 44.6 Å². The highest BCUT2D eigenvalue weighted by atomic mass is 35.5. The molecule has 21 heavy (non-hydrogen) atoms. The van der Waals surface area contributed by atoms with E-state index in [9.17, 15) is 14.4 Å². The Morgan fingerprint density at radius 2 is 2.19 bits per heavy atom. The maximum Gasteiger partial charge on any atom is 0.255 e. The van der Waals surface area contributed by atoms with Crippen LogP contribution in [-0.2, 0) is 0 Å². The van der Waals surface area contributed by atoms with Gasteiger partial charge < -0.3 is 5.32 Å². The second kappa shape index (κ2) is 6.44. The van der Waals surface area contributed by atoms with Crippen molar-refractivity contribution in [2.75, 3.05) is 0 Å². The third-order valence-electron chi connectivity index (χ3n) is 4.28. The first kappa shape index (κ1) is 15.8. The molecule has 0 spiro atoms. The zero-order chi connectivity index (χ0) is 15.5. The van der Waals surface area contributed by atoms with Crippen LogP contribution in [0.4, 0.5) is 4.39 Å². The van der Waals surface area contributed by atoms with Crippen molar-refractivity contribution in [3.05, 3.63) is 34.6 Å². The summed E-state index contributed by atoms with van der Waals surface area (Å²) in [7, 11) is 0. The molecule has 1 aromatic carbocycles. The maximum absolute atomic E-state index is 13.7. The Bertz CT molecular complexity index is 574. The van der Waals surface area contributed by atoms with Gasteiger partial charge in [-0.2, -0.15) is 5.26 Å². The van der Waals surface area contributed by atoms with Crippen LogP contribution in [0.1, 0.15) is 49.4 Å². The fourth-order valence-corrected chi connectivity index (χ4v) is 2.97. The summed E-state index contributed by atoms with van der Waals surface area (Å²) in [6, 6.07) is 6.04. The third kappa shape index (κ3) is 3.54. The number of rotatable bonds is 3. The number of halogens is 2. The monoisotopic (exact) mass is 308 g/mol. The highest BCUT2D eigenvalue weighted by molar-refractivity contribution is 6.31. The molecule has 112 valence electrons. The van der Waals surface area contributed by atoms with Gasteiger partial charge in [0, 0.05) is 5.02 Å². The molecule has 1 N–H and O–H groups in total. The minimum Gasteiger partial charge on any atom is -0.334 e. The molecule has 1 saturated carbocycles. The van der Waals surface area contributed by atoms with Crippen molar-refractivity contribution in [3.8, 4) is 6.07 Å². The number of benzene rings is 1. The molecule has 1 aliphatic rings. The van der Waals surface area contributed by atoms with Gasteiger partial charge in [-0.05, 0) is 49.8 Å². The van der Waals surface area contributed by atoms with Gasteiger partial charge in [0.15, 0.2) is 0 Å². The summed E-state index contributed by atoms with van der Waals surface area (Å²) in [4.78, 5) is 12.2. The van der Waals surface area contributed by atoms with Gasteiger partial charge in [0.05, 0.1) is 11.6 Å². The standard InChI is InChI=1S/C16H18ClFN2O/c1-2-11-5-7-16(10-19,8-6-11)20-15(21)13-9-12(17)3-4-14(13)18/h3-4,9,11H,2,5-8H2,1H3,(H,20,21). The van der Waals surface area contributed by atoms with E-state index in [-0.39, 0.29) is 5.56 Å². The van der Waals surface area contributed by atoms with E-state index < -0.39 is 17.3 Å². The molecule has 5 heteroatoms. The van der Waals surface area contributed by atoms with Gasteiger partial charge in [-0.1, -0.05) is 24.9 Å². The van der Waals surface area contributed by atoms with Crippen LogP contribution in [0.25, 0.3) is 0 Å². The van der Waals surface area contributed by atoms with Crippen molar-refractivity contribution >= 4 is 17.5 Å². The minimum absolute atomic E-state index is 0.116. The van der Waals surface area contributed by atoms with E-state index in [2.05, 4.69) is 18.3 Å². The lowest BCUT2D eigenvalue weighted by Crippen LogP contribution is -2.49. The molecule has 1 fully saturated rings. The molecular weight excluding hydrogens is 291 g/mol. The molecule has 0 radical (unpaired) electrons. The highest BCUT2D eigenvalue weighted by Crippen LogP contribution is 2.33. The molecule has 1 aliphatic carbocycles. The minimum atomic E-state index is -0.891. The number of hydrogen-bond donors (Lipinski definition) is 1. The third-order valence-corrected chi connectivity index (χ3v) is 4.51. The quantitative estimate of drug-likeness (QED) is 0.915. The number of nitrogens with zero attached hydrogens (tertiary/aromatic N) is 1. The zero-order valence-electron chi connectivity index (χ0n) is 12.0. The van der Waals surface area contributed by atoms with Crippen molar-refractivity contribution in [2.24, 2.45) is 5.92 Å². The number of hydrogen-bond acceptors (Lipinski definition) is 2. The van der Waals surface area contributed by atoms with E-state index in [0.29, 0.717) is 23.8 Å². The topological polar surface area (TPSA) is 52.9 Å². The number of nitriles is 1. The Labute approximate surface area is 129 Å². The summed E-state index contributed by atoms with van der Waals surface area (Å²) in [5, 5.41) is 12.4. The SMILES string of the molecule is CCC1CCC(C#N)(NC(=O)c2cc(Cl)ccc2F)CC1. The van der Waals surface area contributed by atoms with E-state index in [1.807, 2.05) is 0 Å². The van der Waals surface area contributed by atoms with E-state index >= 15 is 0 Å². The average molecular weight is 309 g/mol. The Morgan fingerprint density at radius 1 is 1.52 bits per heavy atom. The molecule has 0 aliphatic heterocycles. The molecule has 0 aromatic heterocycles. The molecule has 3 nitrogen and oxygen atoms in total. The zero-order valence-corrected chi connectivity index (χ0v) is 12.7. The van der Waals surface area contributed by atoms with Gasteiger partial charge >= 0.3 is 0 Å². The van der Waals surface area contributed by atoms with Crippen molar-refractivity contribution in [3.63, 3.8) is 0 Å². The molecule has 0 atom stereocenters. The van der Waals surface area contributed by atoms with E-state index in [0.717, 1.165) is 25.3 Å². The largest absolute Gasteiger partial charge is 0.334 e. The maximum atomic E-state index is 13.7. The van der Waals surface area contributed by atoms with E-state index in [1.165, 1.54) is 12.1 Å². The second-order valence-corrected chi connectivity index (χ2v) is 6.06. The lowest BCUT2D eigenvalue weighted by atomic mass is 9.76. The van der Waals surface area contributed by atoms with Crippen molar-refractivity contribution in [1.82, 2.24) is 5.32 Å². The van der Waals surface area contributed by atoms with E-state index in [4.69, 9.17) is 11.6 Å². The van der Waals surface area contributed by atoms with Crippen LogP contribution in [0.5, 0.6) is 0 Å². The van der Waals surface area contributed by atoms with Crippen molar-refractivity contribution in [1.29, 1.82) is 5.26 Å². The summed E-state index contributed by atoms with van der Waals surface area (Å²) in [5.74, 6) is -0.606. The van der Waals surface area contributed by atoms with Crippen LogP contribution in [0, 0.1) is 23.1 Å². The Hall–Kier alpha value is -1.60. The smallest absolute Gasteiger partial charge is 0.255 e. The normalized spacial score (nSPS) is 25.1. The Morgan fingerprint density at radius 3 is 2.76 bits per heavy atom. The van der Waals surface area contributed by atoms with Gasteiger partial charge in [-0.3, -0.25) is 4.79 Å². The predicted octanol–water partition coefficient (Wildman–Crippen LogP) is 4.07. The Kier molecular flexibility index (Phi) is 4.84. The first-order chi connectivity index (χ1) is 9.99. The first-order valence-electron chi connectivity index (χ1n) is 7.18. The van der Waals surface area contributed by atoms with Gasteiger partial charge in [0.25, 0.3) is 5.91 Å². The molecule has 0 unspecified atom stereocenters. The van der Waals surface area contributed by atoms with Crippen LogP contribution in [0.3, 0.4) is 0 Å². The first-order valence-corrected chi connectivity index (χ1v) is 7.56. The van der Waals surface area contributed by atoms with Gasteiger partial charge in [-0.15, -0.1) is 0 Å². The lowest BCUT2D eigenvalue weighted by molar-refractivity contribution is 0.0887. The molecular formula is C16H18ClFN2O. The highest BCUT2D eigenvalue weighted by Gasteiger charge is 2.37. The van der Waals surface area contributed by atoms with Crippen LogP contribution >= 0.6 is 11.6 Å².